The zero-order valence-electron chi connectivity index (χ0n) is 8.89. The van der Waals surface area contributed by atoms with Crippen molar-refractivity contribution in [3.05, 3.63) is 34.9 Å². The van der Waals surface area contributed by atoms with Crippen LogP contribution in [0.3, 0.4) is 0 Å². The van der Waals surface area contributed by atoms with Crippen LogP contribution in [-0.2, 0) is 6.42 Å². The van der Waals surface area contributed by atoms with Crippen LogP contribution in [0.25, 0.3) is 0 Å². The summed E-state index contributed by atoms with van der Waals surface area (Å²) in [6, 6.07) is 6.81. The van der Waals surface area contributed by atoms with E-state index < -0.39 is 0 Å². The minimum absolute atomic E-state index is 0.248. The van der Waals surface area contributed by atoms with Crippen molar-refractivity contribution >= 4 is 11.6 Å². The second-order valence-electron chi connectivity index (χ2n) is 4.47. The van der Waals surface area contributed by atoms with E-state index in [4.69, 9.17) is 11.6 Å². The smallest absolute Gasteiger partial charge is 0.0588 e. The van der Waals surface area contributed by atoms with Crippen LogP contribution in [0.5, 0.6) is 0 Å². The Morgan fingerprint density at radius 2 is 2.14 bits per heavy atom. The quantitative estimate of drug-likeness (QED) is 0.600. The van der Waals surface area contributed by atoms with Crippen molar-refractivity contribution in [3.63, 3.8) is 0 Å². The molecule has 0 fully saturated rings. The van der Waals surface area contributed by atoms with Gasteiger partial charge < -0.3 is 0 Å². The molecule has 1 unspecified atom stereocenters. The molecule has 1 heteroatoms. The van der Waals surface area contributed by atoms with Crippen LogP contribution < -0.4 is 0 Å². The fourth-order valence-corrected chi connectivity index (χ4v) is 2.48. The Morgan fingerprint density at radius 3 is 2.86 bits per heavy atom. The lowest BCUT2D eigenvalue weighted by molar-refractivity contribution is 0.665. The lowest BCUT2D eigenvalue weighted by atomic mass is 9.88. The minimum Gasteiger partial charge on any atom is -0.118 e. The van der Waals surface area contributed by atoms with Crippen LogP contribution in [0.4, 0.5) is 0 Å². The maximum Gasteiger partial charge on any atom is 0.0588 e. The van der Waals surface area contributed by atoms with Gasteiger partial charge in [-0.15, -0.1) is 11.6 Å². The fourth-order valence-electron chi connectivity index (χ4n) is 2.12. The summed E-state index contributed by atoms with van der Waals surface area (Å²) in [5, 5.41) is 0.248. The number of hydrogen-bond donors (Lipinski definition) is 0. The molecule has 0 radical (unpaired) electrons. The maximum atomic E-state index is 6.32. The monoisotopic (exact) mass is 208 g/mol. The summed E-state index contributed by atoms with van der Waals surface area (Å²) >= 11 is 6.32. The standard InChI is InChI=1S/C13H17Cl/c1-9(2)11-7-6-10-4-3-5-13(14)12(10)8-11/h6-9,13H,3-5H2,1-2H3. The number of benzene rings is 1. The molecule has 0 aliphatic heterocycles. The first-order chi connectivity index (χ1) is 6.68. The highest BCUT2D eigenvalue weighted by Gasteiger charge is 2.18. The Balaban J connectivity index is 2.41. The van der Waals surface area contributed by atoms with Crippen LogP contribution in [0.2, 0.25) is 0 Å². The summed E-state index contributed by atoms with van der Waals surface area (Å²) in [6.07, 6.45) is 3.58. The van der Waals surface area contributed by atoms with Crippen LogP contribution in [0.15, 0.2) is 18.2 Å². The summed E-state index contributed by atoms with van der Waals surface area (Å²) in [5.74, 6) is 0.603. The predicted octanol–water partition coefficient (Wildman–Crippen LogP) is 4.43. The zero-order chi connectivity index (χ0) is 10.1. The molecule has 0 aromatic heterocycles. The molecular weight excluding hydrogens is 192 g/mol. The highest BCUT2D eigenvalue weighted by molar-refractivity contribution is 6.21. The Bertz CT molecular complexity index is 328. The van der Waals surface area contributed by atoms with Gasteiger partial charge >= 0.3 is 0 Å². The second-order valence-corrected chi connectivity index (χ2v) is 5.00. The molecule has 0 saturated carbocycles. The Labute approximate surface area is 91.3 Å². The van der Waals surface area contributed by atoms with E-state index in [2.05, 4.69) is 32.0 Å². The van der Waals surface area contributed by atoms with Crippen molar-refractivity contribution in [1.29, 1.82) is 0 Å². The molecule has 1 aromatic rings. The molecule has 1 aromatic carbocycles. The first-order valence-corrected chi connectivity index (χ1v) is 5.89. The Morgan fingerprint density at radius 1 is 1.36 bits per heavy atom. The third-order valence-corrected chi connectivity index (χ3v) is 3.53. The van der Waals surface area contributed by atoms with Crippen LogP contribution in [-0.4, -0.2) is 0 Å². The van der Waals surface area contributed by atoms with Gasteiger partial charge in [-0.05, 0) is 41.9 Å². The van der Waals surface area contributed by atoms with Crippen molar-refractivity contribution in [2.24, 2.45) is 0 Å². The Hall–Kier alpha value is -0.490. The topological polar surface area (TPSA) is 0 Å². The minimum atomic E-state index is 0.248. The van der Waals surface area contributed by atoms with Gasteiger partial charge in [-0.25, -0.2) is 0 Å². The van der Waals surface area contributed by atoms with E-state index in [9.17, 15) is 0 Å². The third-order valence-electron chi connectivity index (χ3n) is 3.08. The van der Waals surface area contributed by atoms with Gasteiger partial charge in [0.25, 0.3) is 0 Å². The summed E-state index contributed by atoms with van der Waals surface area (Å²) in [5.41, 5.74) is 4.25. The highest BCUT2D eigenvalue weighted by Crippen LogP contribution is 2.35. The van der Waals surface area contributed by atoms with Crippen LogP contribution in [0, 0.1) is 0 Å². The van der Waals surface area contributed by atoms with E-state index in [1.54, 1.807) is 0 Å². The average molecular weight is 209 g/mol. The molecule has 0 saturated heterocycles. The molecule has 0 N–H and O–H groups in total. The molecule has 1 aliphatic rings. The number of fused-ring (bicyclic) bond motifs is 1. The molecule has 0 heterocycles. The largest absolute Gasteiger partial charge is 0.118 e. The van der Waals surface area contributed by atoms with Crippen molar-refractivity contribution in [2.45, 2.75) is 44.4 Å². The molecule has 1 aliphatic carbocycles. The predicted molar refractivity (Wildman–Crippen MR) is 62.1 cm³/mol. The number of aryl methyl sites for hydroxylation is 1. The van der Waals surface area contributed by atoms with E-state index in [1.807, 2.05) is 0 Å². The summed E-state index contributed by atoms with van der Waals surface area (Å²) in [6.45, 7) is 4.46. The SMILES string of the molecule is CC(C)c1ccc2c(c1)C(Cl)CCC2. The number of halogens is 1. The Kier molecular flexibility index (Phi) is 2.83. The molecule has 0 amide bonds. The second kappa shape index (κ2) is 3.94. The molecule has 2 rings (SSSR count). The van der Waals surface area contributed by atoms with Gasteiger partial charge in [0, 0.05) is 0 Å². The van der Waals surface area contributed by atoms with Crippen molar-refractivity contribution in [2.75, 3.05) is 0 Å². The van der Waals surface area contributed by atoms with E-state index in [1.165, 1.54) is 29.5 Å². The molecular formula is C13H17Cl. The van der Waals surface area contributed by atoms with Gasteiger partial charge in [0.15, 0.2) is 0 Å². The van der Waals surface area contributed by atoms with Gasteiger partial charge in [0.2, 0.25) is 0 Å². The summed E-state index contributed by atoms with van der Waals surface area (Å²) < 4.78 is 0. The molecule has 1 atom stereocenters. The summed E-state index contributed by atoms with van der Waals surface area (Å²) in [7, 11) is 0. The van der Waals surface area contributed by atoms with Gasteiger partial charge in [-0.2, -0.15) is 0 Å². The summed E-state index contributed by atoms with van der Waals surface area (Å²) in [4.78, 5) is 0. The van der Waals surface area contributed by atoms with Crippen molar-refractivity contribution < 1.29 is 0 Å². The zero-order valence-corrected chi connectivity index (χ0v) is 9.64. The van der Waals surface area contributed by atoms with E-state index in [0.717, 1.165) is 6.42 Å². The van der Waals surface area contributed by atoms with Gasteiger partial charge in [0.1, 0.15) is 0 Å². The van der Waals surface area contributed by atoms with Crippen molar-refractivity contribution in [3.8, 4) is 0 Å². The highest BCUT2D eigenvalue weighted by atomic mass is 35.5. The van der Waals surface area contributed by atoms with E-state index >= 15 is 0 Å². The number of rotatable bonds is 1. The fraction of sp³-hybridized carbons (Fsp3) is 0.538. The van der Waals surface area contributed by atoms with Crippen molar-refractivity contribution in [1.82, 2.24) is 0 Å². The maximum absolute atomic E-state index is 6.32. The van der Waals surface area contributed by atoms with E-state index in [-0.39, 0.29) is 5.38 Å². The molecule has 0 bridgehead atoms. The number of hydrogen-bond acceptors (Lipinski definition) is 0. The van der Waals surface area contributed by atoms with Crippen LogP contribution >= 0.6 is 11.6 Å². The van der Waals surface area contributed by atoms with Gasteiger partial charge in [-0.3, -0.25) is 0 Å². The molecule has 0 spiro atoms. The lowest BCUT2D eigenvalue weighted by Gasteiger charge is -2.22. The first kappa shape index (κ1) is 10.0. The normalized spacial score (nSPS) is 21.0. The lowest BCUT2D eigenvalue weighted by Crippen LogP contribution is -2.06. The van der Waals surface area contributed by atoms with E-state index in [0.29, 0.717) is 5.92 Å². The van der Waals surface area contributed by atoms with Gasteiger partial charge in [-0.1, -0.05) is 32.0 Å². The molecule has 76 valence electrons. The van der Waals surface area contributed by atoms with Gasteiger partial charge in [0.05, 0.1) is 5.38 Å². The van der Waals surface area contributed by atoms with Crippen LogP contribution in [0.1, 0.15) is 54.7 Å². The average Bonchev–Trinajstić information content (AvgIpc) is 2.18. The number of alkyl halides is 1. The first-order valence-electron chi connectivity index (χ1n) is 5.45. The molecule has 14 heavy (non-hydrogen) atoms. The molecule has 0 nitrogen and oxygen atoms in total. The third kappa shape index (κ3) is 1.81.